The first kappa shape index (κ1) is 15.8. The second-order valence-corrected chi connectivity index (χ2v) is 6.96. The number of hydrogen-bond acceptors (Lipinski definition) is 4. The summed E-state index contributed by atoms with van der Waals surface area (Å²) in [6, 6.07) is 5.97. The molecule has 2 atom stereocenters. The molecule has 0 saturated carbocycles. The van der Waals surface area contributed by atoms with Crippen LogP contribution >= 0.6 is 11.8 Å². The first-order valence-corrected chi connectivity index (χ1v) is 8.84. The van der Waals surface area contributed by atoms with Crippen molar-refractivity contribution in [2.75, 3.05) is 24.7 Å². The molecule has 2 unspecified atom stereocenters. The average molecular weight is 324 g/mol. The molecule has 2 aliphatic heterocycles. The van der Waals surface area contributed by atoms with Crippen LogP contribution in [0, 0.1) is 11.7 Å². The second kappa shape index (κ2) is 6.98. The molecular weight excluding hydrogens is 303 g/mol. The summed E-state index contributed by atoms with van der Waals surface area (Å²) in [7, 11) is 0. The van der Waals surface area contributed by atoms with Gasteiger partial charge in [0.05, 0.1) is 12.1 Å². The summed E-state index contributed by atoms with van der Waals surface area (Å²) in [5.74, 6) is 1.70. The number of halogens is 1. The van der Waals surface area contributed by atoms with E-state index < -0.39 is 6.10 Å². The number of benzene rings is 1. The molecule has 2 fully saturated rings. The largest absolute Gasteiger partial charge is 0.388 e. The van der Waals surface area contributed by atoms with E-state index >= 15 is 0 Å². The zero-order valence-corrected chi connectivity index (χ0v) is 13.2. The zero-order valence-electron chi connectivity index (χ0n) is 12.4. The average Bonchev–Trinajstić information content (AvgIpc) is 3.09. The third-order valence-electron chi connectivity index (χ3n) is 4.52. The van der Waals surface area contributed by atoms with E-state index in [2.05, 4.69) is 5.32 Å². The van der Waals surface area contributed by atoms with Gasteiger partial charge in [-0.2, -0.15) is 0 Å². The summed E-state index contributed by atoms with van der Waals surface area (Å²) >= 11 is 1.75. The molecule has 2 saturated heterocycles. The Balaban J connectivity index is 1.54. The Bertz CT molecular complexity index is 511. The summed E-state index contributed by atoms with van der Waals surface area (Å²) in [4.78, 5) is 14.2. The van der Waals surface area contributed by atoms with Crippen molar-refractivity contribution in [1.29, 1.82) is 0 Å². The van der Waals surface area contributed by atoms with Crippen molar-refractivity contribution in [3.63, 3.8) is 0 Å². The summed E-state index contributed by atoms with van der Waals surface area (Å²) in [5.41, 5.74) is 0.750. The third-order valence-corrected chi connectivity index (χ3v) is 5.46. The molecule has 0 bridgehead atoms. The standard InChI is InChI=1S/C16H21FN2O2S/c17-13-3-1-11(2-4-13)15(20)12-5-7-19(8-6-12)16(21)14-9-22-10-18-14/h1-4,12,14-15,18,20H,5-10H2. The van der Waals surface area contributed by atoms with Crippen LogP contribution in [0.3, 0.4) is 0 Å². The van der Waals surface area contributed by atoms with Crippen LogP contribution in [0.4, 0.5) is 4.39 Å². The summed E-state index contributed by atoms with van der Waals surface area (Å²) in [6.07, 6.45) is 0.979. The molecule has 2 heterocycles. The number of amides is 1. The van der Waals surface area contributed by atoms with E-state index in [-0.39, 0.29) is 23.7 Å². The van der Waals surface area contributed by atoms with Crippen molar-refractivity contribution in [2.24, 2.45) is 5.92 Å². The topological polar surface area (TPSA) is 52.6 Å². The van der Waals surface area contributed by atoms with Gasteiger partial charge in [-0.25, -0.2) is 4.39 Å². The van der Waals surface area contributed by atoms with E-state index in [4.69, 9.17) is 0 Å². The molecule has 1 aromatic carbocycles. The van der Waals surface area contributed by atoms with Crippen LogP contribution in [0.1, 0.15) is 24.5 Å². The zero-order chi connectivity index (χ0) is 15.5. The van der Waals surface area contributed by atoms with Gasteiger partial charge in [0.15, 0.2) is 0 Å². The maximum absolute atomic E-state index is 12.9. The molecule has 4 nitrogen and oxygen atoms in total. The van der Waals surface area contributed by atoms with Gasteiger partial charge in [0.2, 0.25) is 5.91 Å². The van der Waals surface area contributed by atoms with Gasteiger partial charge in [-0.3, -0.25) is 10.1 Å². The number of nitrogens with zero attached hydrogens (tertiary/aromatic N) is 1. The molecule has 22 heavy (non-hydrogen) atoms. The molecule has 1 amide bonds. The molecule has 120 valence electrons. The molecule has 0 aliphatic carbocycles. The van der Waals surface area contributed by atoms with Crippen LogP contribution in [-0.2, 0) is 4.79 Å². The minimum atomic E-state index is -0.585. The van der Waals surface area contributed by atoms with E-state index in [1.54, 1.807) is 23.9 Å². The number of nitrogens with one attached hydrogen (secondary N) is 1. The Labute approximate surface area is 134 Å². The number of rotatable bonds is 3. The number of likely N-dealkylation sites (tertiary alicyclic amines) is 1. The Morgan fingerprint density at radius 2 is 2.00 bits per heavy atom. The maximum atomic E-state index is 12.9. The van der Waals surface area contributed by atoms with E-state index in [1.807, 2.05) is 4.90 Å². The predicted molar refractivity (Wildman–Crippen MR) is 84.9 cm³/mol. The van der Waals surface area contributed by atoms with Crippen LogP contribution in [0.2, 0.25) is 0 Å². The van der Waals surface area contributed by atoms with Gasteiger partial charge in [0, 0.05) is 24.7 Å². The van der Waals surface area contributed by atoms with Crippen LogP contribution < -0.4 is 5.32 Å². The normalized spacial score (nSPS) is 24.5. The number of thioether (sulfide) groups is 1. The smallest absolute Gasteiger partial charge is 0.240 e. The van der Waals surface area contributed by atoms with E-state index in [1.165, 1.54) is 12.1 Å². The lowest BCUT2D eigenvalue weighted by atomic mass is 9.87. The quantitative estimate of drug-likeness (QED) is 0.890. The highest BCUT2D eigenvalue weighted by Gasteiger charge is 2.32. The Kier molecular flexibility index (Phi) is 5.00. The number of aliphatic hydroxyl groups excluding tert-OH is 1. The molecule has 3 rings (SSSR count). The lowest BCUT2D eigenvalue weighted by molar-refractivity contribution is -0.134. The first-order valence-electron chi connectivity index (χ1n) is 7.68. The molecule has 0 spiro atoms. The van der Waals surface area contributed by atoms with Gasteiger partial charge >= 0.3 is 0 Å². The van der Waals surface area contributed by atoms with Gasteiger partial charge in [-0.15, -0.1) is 11.8 Å². The maximum Gasteiger partial charge on any atom is 0.240 e. The monoisotopic (exact) mass is 324 g/mol. The van der Waals surface area contributed by atoms with Gasteiger partial charge in [0.1, 0.15) is 5.82 Å². The molecule has 2 aliphatic rings. The van der Waals surface area contributed by atoms with E-state index in [9.17, 15) is 14.3 Å². The van der Waals surface area contributed by atoms with Gasteiger partial charge < -0.3 is 10.0 Å². The van der Waals surface area contributed by atoms with Crippen molar-refractivity contribution >= 4 is 17.7 Å². The van der Waals surface area contributed by atoms with Crippen LogP contribution in [-0.4, -0.2) is 46.7 Å². The lowest BCUT2D eigenvalue weighted by Crippen LogP contribution is -2.48. The number of aliphatic hydroxyl groups is 1. The van der Waals surface area contributed by atoms with Crippen LogP contribution in [0.5, 0.6) is 0 Å². The third kappa shape index (κ3) is 3.45. The molecule has 2 N–H and O–H groups in total. The highest BCUT2D eigenvalue weighted by Crippen LogP contribution is 2.31. The Morgan fingerprint density at radius 1 is 1.32 bits per heavy atom. The number of carbonyl (C=O) groups excluding carboxylic acids is 1. The van der Waals surface area contributed by atoms with Gasteiger partial charge in [-0.05, 0) is 36.5 Å². The minimum absolute atomic E-state index is 0.0522. The van der Waals surface area contributed by atoms with Crippen molar-refractivity contribution in [1.82, 2.24) is 10.2 Å². The van der Waals surface area contributed by atoms with Gasteiger partial charge in [-0.1, -0.05) is 12.1 Å². The number of carbonyl (C=O) groups is 1. The number of piperidine rings is 1. The van der Waals surface area contributed by atoms with Crippen molar-refractivity contribution in [3.05, 3.63) is 35.6 Å². The van der Waals surface area contributed by atoms with Crippen molar-refractivity contribution in [3.8, 4) is 0 Å². The van der Waals surface area contributed by atoms with Crippen LogP contribution in [0.15, 0.2) is 24.3 Å². The van der Waals surface area contributed by atoms with Gasteiger partial charge in [0.25, 0.3) is 0 Å². The van der Waals surface area contributed by atoms with E-state index in [0.717, 1.165) is 30.0 Å². The summed E-state index contributed by atoms with van der Waals surface area (Å²) in [6.45, 7) is 1.37. The fraction of sp³-hybridized carbons (Fsp3) is 0.562. The highest BCUT2D eigenvalue weighted by molar-refractivity contribution is 7.99. The summed E-state index contributed by atoms with van der Waals surface area (Å²) in [5, 5.41) is 13.6. The fourth-order valence-corrected chi connectivity index (χ4v) is 4.07. The predicted octanol–water partition coefficient (Wildman–Crippen LogP) is 1.76. The first-order chi connectivity index (χ1) is 10.6. The van der Waals surface area contributed by atoms with E-state index in [0.29, 0.717) is 13.1 Å². The van der Waals surface area contributed by atoms with Crippen molar-refractivity contribution in [2.45, 2.75) is 25.0 Å². The molecule has 0 aromatic heterocycles. The molecule has 6 heteroatoms. The summed E-state index contributed by atoms with van der Waals surface area (Å²) < 4.78 is 12.9. The molecular formula is C16H21FN2O2S. The minimum Gasteiger partial charge on any atom is -0.388 e. The molecule has 1 aromatic rings. The highest BCUT2D eigenvalue weighted by atomic mass is 32.2. The fourth-order valence-electron chi connectivity index (χ4n) is 3.14. The van der Waals surface area contributed by atoms with Crippen molar-refractivity contribution < 1.29 is 14.3 Å². The Hall–Kier alpha value is -1.11. The van der Waals surface area contributed by atoms with Crippen LogP contribution in [0.25, 0.3) is 0 Å². The SMILES string of the molecule is O=C(C1CSCN1)N1CCC(C(O)c2ccc(F)cc2)CC1. The lowest BCUT2D eigenvalue weighted by Gasteiger charge is -2.35. The Morgan fingerprint density at radius 3 is 2.59 bits per heavy atom. The second-order valence-electron chi connectivity index (χ2n) is 5.93. The number of hydrogen-bond donors (Lipinski definition) is 2. The molecule has 0 radical (unpaired) electrons.